The van der Waals surface area contributed by atoms with E-state index >= 15 is 0 Å². The van der Waals surface area contributed by atoms with Crippen molar-refractivity contribution in [3.05, 3.63) is 0 Å². The molecular weight excluding hydrogens is 407 g/mol. The second-order valence-corrected chi connectivity index (χ2v) is 5.94. The highest BCUT2D eigenvalue weighted by atomic mass is 127. The molecule has 2 N–H and O–H groups in total. The second-order valence-electron chi connectivity index (χ2n) is 5.94. The van der Waals surface area contributed by atoms with Crippen molar-refractivity contribution in [1.29, 1.82) is 0 Å². The second kappa shape index (κ2) is 10.3. The summed E-state index contributed by atoms with van der Waals surface area (Å²) in [6.07, 6.45) is 4.61. The molecule has 0 aliphatic carbocycles. The van der Waals surface area contributed by atoms with E-state index in [0.29, 0.717) is 31.2 Å². The van der Waals surface area contributed by atoms with Crippen LogP contribution in [0.25, 0.3) is 0 Å². The Hall–Kier alpha value is -0.570. The van der Waals surface area contributed by atoms with Gasteiger partial charge in [0.2, 0.25) is 5.91 Å². The van der Waals surface area contributed by atoms with E-state index in [1.807, 2.05) is 18.7 Å². The van der Waals surface area contributed by atoms with Gasteiger partial charge in [-0.2, -0.15) is 0 Å². The minimum absolute atomic E-state index is 0. The van der Waals surface area contributed by atoms with Crippen LogP contribution in [-0.2, 0) is 9.53 Å². The van der Waals surface area contributed by atoms with Crippen molar-refractivity contribution in [3.8, 4) is 0 Å². The molecule has 3 unspecified atom stereocenters. The van der Waals surface area contributed by atoms with E-state index in [1.165, 1.54) is 6.42 Å². The number of carbonyl (C=O) groups excluding carboxylic acids is 1. The molecule has 23 heavy (non-hydrogen) atoms. The highest BCUT2D eigenvalue weighted by molar-refractivity contribution is 14.0. The largest absolute Gasteiger partial charge is 0.373 e. The van der Waals surface area contributed by atoms with Crippen LogP contribution in [0.2, 0.25) is 0 Å². The summed E-state index contributed by atoms with van der Waals surface area (Å²) in [6.45, 7) is 8.93. The maximum absolute atomic E-state index is 12.0. The summed E-state index contributed by atoms with van der Waals surface area (Å²) in [5, 5.41) is 6.73. The highest BCUT2D eigenvalue weighted by Crippen LogP contribution is 2.34. The molecule has 2 fully saturated rings. The van der Waals surface area contributed by atoms with E-state index in [1.54, 1.807) is 0 Å². The van der Waals surface area contributed by atoms with Crippen LogP contribution >= 0.6 is 24.0 Å². The first kappa shape index (κ1) is 20.5. The number of halogens is 1. The Kier molecular flexibility index (Phi) is 9.19. The number of hydrogen-bond donors (Lipinski definition) is 2. The molecule has 6 nitrogen and oxygen atoms in total. The van der Waals surface area contributed by atoms with E-state index < -0.39 is 0 Å². The van der Waals surface area contributed by atoms with Gasteiger partial charge in [-0.15, -0.1) is 24.0 Å². The minimum Gasteiger partial charge on any atom is -0.373 e. The number of fused-ring (bicyclic) bond motifs is 2. The van der Waals surface area contributed by atoms with Crippen molar-refractivity contribution in [1.82, 2.24) is 15.5 Å². The summed E-state index contributed by atoms with van der Waals surface area (Å²) >= 11 is 0. The van der Waals surface area contributed by atoms with Gasteiger partial charge in [0.1, 0.15) is 0 Å². The molecule has 2 heterocycles. The lowest BCUT2D eigenvalue weighted by Gasteiger charge is -2.23. The first-order valence-corrected chi connectivity index (χ1v) is 8.65. The number of aliphatic imine (C=N–C) groups is 1. The molecule has 2 aliphatic heterocycles. The van der Waals surface area contributed by atoms with Gasteiger partial charge in [0.15, 0.2) is 5.96 Å². The SMILES string of the molecule is CCNC(=NCCC(=O)N(CC)CC)NC1CC2CCC1O2.I. The van der Waals surface area contributed by atoms with Crippen LogP contribution in [0.15, 0.2) is 4.99 Å². The van der Waals surface area contributed by atoms with Gasteiger partial charge in [-0.1, -0.05) is 0 Å². The quantitative estimate of drug-likeness (QED) is 0.361. The zero-order valence-corrected chi connectivity index (χ0v) is 16.8. The van der Waals surface area contributed by atoms with Crippen LogP contribution in [0.5, 0.6) is 0 Å². The fourth-order valence-electron chi connectivity index (χ4n) is 3.28. The monoisotopic (exact) mass is 438 g/mol. The third-order valence-electron chi connectivity index (χ3n) is 4.48. The van der Waals surface area contributed by atoms with E-state index in [2.05, 4.69) is 22.5 Å². The number of hydrogen-bond acceptors (Lipinski definition) is 3. The summed E-state index contributed by atoms with van der Waals surface area (Å²) in [4.78, 5) is 18.4. The van der Waals surface area contributed by atoms with Gasteiger partial charge in [-0.25, -0.2) is 0 Å². The molecule has 2 bridgehead atoms. The fourth-order valence-corrected chi connectivity index (χ4v) is 3.28. The standard InChI is InChI=1S/C16H30N4O2.HI/c1-4-17-16(18-10-9-15(21)20(5-2)6-3)19-13-11-12-7-8-14(13)22-12;/h12-14H,4-11H2,1-3H3,(H2,17,18,19);1H. The van der Waals surface area contributed by atoms with Crippen LogP contribution in [0.3, 0.4) is 0 Å². The molecule has 3 atom stereocenters. The van der Waals surface area contributed by atoms with E-state index in [9.17, 15) is 4.79 Å². The molecule has 7 heteroatoms. The van der Waals surface area contributed by atoms with Crippen LogP contribution in [0.1, 0.15) is 46.5 Å². The molecular formula is C16H31IN4O2. The van der Waals surface area contributed by atoms with Gasteiger partial charge in [0.05, 0.1) is 24.8 Å². The third-order valence-corrected chi connectivity index (χ3v) is 4.48. The van der Waals surface area contributed by atoms with Crippen molar-refractivity contribution < 1.29 is 9.53 Å². The number of rotatable bonds is 7. The maximum Gasteiger partial charge on any atom is 0.224 e. The van der Waals surface area contributed by atoms with E-state index in [-0.39, 0.29) is 29.9 Å². The highest BCUT2D eigenvalue weighted by Gasteiger charge is 2.41. The average Bonchev–Trinajstić information content (AvgIpc) is 3.11. The van der Waals surface area contributed by atoms with Gasteiger partial charge < -0.3 is 20.3 Å². The summed E-state index contributed by atoms with van der Waals surface area (Å²) in [5.41, 5.74) is 0. The predicted molar refractivity (Wildman–Crippen MR) is 103 cm³/mol. The summed E-state index contributed by atoms with van der Waals surface area (Å²) in [7, 11) is 0. The lowest BCUT2D eigenvalue weighted by Crippen LogP contribution is -2.47. The molecule has 0 radical (unpaired) electrons. The van der Waals surface area contributed by atoms with Crippen molar-refractivity contribution in [3.63, 3.8) is 0 Å². The Balaban J connectivity index is 0.00000264. The van der Waals surface area contributed by atoms with Crippen molar-refractivity contribution in [2.45, 2.75) is 64.7 Å². The van der Waals surface area contributed by atoms with Gasteiger partial charge >= 0.3 is 0 Å². The van der Waals surface area contributed by atoms with Crippen LogP contribution in [0, 0.1) is 0 Å². The zero-order chi connectivity index (χ0) is 15.9. The average molecular weight is 438 g/mol. The zero-order valence-electron chi connectivity index (χ0n) is 14.5. The first-order chi connectivity index (χ1) is 10.7. The number of amides is 1. The Labute approximate surface area is 156 Å². The Morgan fingerprint density at radius 2 is 2.00 bits per heavy atom. The molecule has 134 valence electrons. The Morgan fingerprint density at radius 3 is 2.52 bits per heavy atom. The van der Waals surface area contributed by atoms with Gasteiger partial charge in [0, 0.05) is 26.1 Å². The van der Waals surface area contributed by atoms with Gasteiger partial charge in [-0.05, 0) is 40.0 Å². The number of ether oxygens (including phenoxy) is 1. The molecule has 2 saturated heterocycles. The molecule has 0 aromatic rings. The molecule has 1 amide bonds. The smallest absolute Gasteiger partial charge is 0.224 e. The number of guanidine groups is 1. The van der Waals surface area contributed by atoms with E-state index in [0.717, 1.165) is 38.4 Å². The van der Waals surface area contributed by atoms with Crippen LogP contribution in [-0.4, -0.2) is 61.2 Å². The summed E-state index contributed by atoms with van der Waals surface area (Å²) in [5.74, 6) is 0.976. The number of nitrogens with one attached hydrogen (secondary N) is 2. The Morgan fingerprint density at radius 1 is 1.26 bits per heavy atom. The number of carbonyl (C=O) groups is 1. The molecule has 2 rings (SSSR count). The lowest BCUT2D eigenvalue weighted by molar-refractivity contribution is -0.130. The minimum atomic E-state index is 0. The maximum atomic E-state index is 12.0. The topological polar surface area (TPSA) is 66.0 Å². The van der Waals surface area contributed by atoms with Crippen molar-refractivity contribution >= 4 is 35.8 Å². The first-order valence-electron chi connectivity index (χ1n) is 8.65. The Bertz CT molecular complexity index is 402. The predicted octanol–water partition coefficient (Wildman–Crippen LogP) is 1.74. The molecule has 0 saturated carbocycles. The molecule has 0 spiro atoms. The fraction of sp³-hybridized carbons (Fsp3) is 0.875. The number of nitrogens with zero attached hydrogens (tertiary/aromatic N) is 2. The third kappa shape index (κ3) is 5.77. The normalized spacial score (nSPS) is 25.9. The van der Waals surface area contributed by atoms with E-state index in [4.69, 9.17) is 4.74 Å². The van der Waals surface area contributed by atoms with Crippen molar-refractivity contribution in [2.75, 3.05) is 26.2 Å². The molecule has 2 aliphatic rings. The molecule has 0 aromatic heterocycles. The van der Waals surface area contributed by atoms with Gasteiger partial charge in [-0.3, -0.25) is 9.79 Å². The summed E-state index contributed by atoms with van der Waals surface area (Å²) < 4.78 is 5.86. The van der Waals surface area contributed by atoms with Crippen molar-refractivity contribution in [2.24, 2.45) is 4.99 Å². The van der Waals surface area contributed by atoms with Crippen LogP contribution in [0.4, 0.5) is 0 Å². The van der Waals surface area contributed by atoms with Gasteiger partial charge in [0.25, 0.3) is 0 Å². The summed E-state index contributed by atoms with van der Waals surface area (Å²) in [6, 6.07) is 0.357. The molecule has 0 aromatic carbocycles. The lowest BCUT2D eigenvalue weighted by atomic mass is 9.96. The van der Waals surface area contributed by atoms with Crippen LogP contribution < -0.4 is 10.6 Å².